The summed E-state index contributed by atoms with van der Waals surface area (Å²) in [4.78, 5) is 0. The van der Waals surface area contributed by atoms with E-state index in [9.17, 15) is 0 Å². The molecule has 23 heavy (non-hydrogen) atoms. The first kappa shape index (κ1) is 13.4. The minimum atomic E-state index is 0.438. The van der Waals surface area contributed by atoms with E-state index in [0.29, 0.717) is 11.0 Å². The van der Waals surface area contributed by atoms with E-state index >= 15 is 0 Å². The molecule has 1 aromatic carbocycles. The van der Waals surface area contributed by atoms with Crippen molar-refractivity contribution in [3.8, 4) is 0 Å². The van der Waals surface area contributed by atoms with E-state index in [-0.39, 0.29) is 0 Å². The molecule has 4 aliphatic carbocycles. The average Bonchev–Trinajstić information content (AvgIpc) is 2.82. The monoisotopic (exact) mass is 308 g/mol. The van der Waals surface area contributed by atoms with E-state index in [1.165, 1.54) is 51.5 Å². The van der Waals surface area contributed by atoms with Crippen LogP contribution in [0.25, 0.3) is 0 Å². The second-order valence-corrected chi connectivity index (χ2v) is 9.29. The summed E-state index contributed by atoms with van der Waals surface area (Å²) >= 11 is 0. The third-order valence-electron chi connectivity index (χ3n) is 8.46. The highest BCUT2D eigenvalue weighted by Crippen LogP contribution is 2.72. The highest BCUT2D eigenvalue weighted by molar-refractivity contribution is 5.55. The van der Waals surface area contributed by atoms with Gasteiger partial charge < -0.3 is 0 Å². The van der Waals surface area contributed by atoms with Crippen LogP contribution in [0, 0.1) is 11.8 Å². The molecule has 1 aromatic rings. The average molecular weight is 308 g/mol. The molecule has 1 N–H and O–H groups in total. The Morgan fingerprint density at radius 2 is 2.09 bits per heavy atom. The van der Waals surface area contributed by atoms with Gasteiger partial charge >= 0.3 is 0 Å². The van der Waals surface area contributed by atoms with Gasteiger partial charge in [-0.3, -0.25) is 5.43 Å². The van der Waals surface area contributed by atoms with Crippen LogP contribution in [0.15, 0.2) is 12.1 Å². The number of fused-ring (bicyclic) bond motifs is 8. The first-order chi connectivity index (χ1) is 11.2. The standard InChI is InChI=1S/C21H28N2/c1-20-10-17(18-9-14-11-23(22-2)21(14,18)12-20)16-8-7-13-5-3-4-6-15(13)19(16)20/h7-8,14,17-18,22H,3-6,9-12H2,1-2H3. The third kappa shape index (κ3) is 1.34. The molecule has 122 valence electrons. The van der Waals surface area contributed by atoms with Gasteiger partial charge in [-0.25, -0.2) is 5.01 Å². The molecule has 2 saturated carbocycles. The van der Waals surface area contributed by atoms with Crippen molar-refractivity contribution < 1.29 is 0 Å². The zero-order valence-corrected chi connectivity index (χ0v) is 14.5. The molecule has 3 fully saturated rings. The first-order valence-corrected chi connectivity index (χ1v) is 9.77. The largest absolute Gasteiger partial charge is 0.258 e. The molecular formula is C21H28N2. The van der Waals surface area contributed by atoms with Gasteiger partial charge in [0.15, 0.2) is 0 Å². The van der Waals surface area contributed by atoms with Crippen molar-refractivity contribution in [3.63, 3.8) is 0 Å². The molecule has 0 aromatic heterocycles. The maximum Gasteiger partial charge on any atom is 0.0437 e. The van der Waals surface area contributed by atoms with Crippen LogP contribution in [0.1, 0.15) is 67.2 Å². The number of hydrazine groups is 1. The lowest BCUT2D eigenvalue weighted by atomic mass is 9.43. The van der Waals surface area contributed by atoms with Crippen LogP contribution < -0.4 is 5.43 Å². The first-order valence-electron chi connectivity index (χ1n) is 9.77. The van der Waals surface area contributed by atoms with Crippen molar-refractivity contribution in [2.45, 2.75) is 68.7 Å². The van der Waals surface area contributed by atoms with Gasteiger partial charge in [0.1, 0.15) is 0 Å². The van der Waals surface area contributed by atoms with E-state index in [1.54, 1.807) is 16.7 Å². The van der Waals surface area contributed by atoms with Crippen molar-refractivity contribution in [1.82, 2.24) is 10.4 Å². The Kier molecular flexibility index (Phi) is 2.35. The molecule has 5 aliphatic rings. The summed E-state index contributed by atoms with van der Waals surface area (Å²) in [6, 6.07) is 5.04. The predicted octanol–water partition coefficient (Wildman–Crippen LogP) is 3.54. The molecule has 1 saturated heterocycles. The smallest absolute Gasteiger partial charge is 0.0437 e. The van der Waals surface area contributed by atoms with Gasteiger partial charge in [0.05, 0.1) is 0 Å². The summed E-state index contributed by atoms with van der Waals surface area (Å²) in [6.45, 7) is 3.89. The van der Waals surface area contributed by atoms with Crippen LogP contribution in [0.5, 0.6) is 0 Å². The Balaban J connectivity index is 1.53. The topological polar surface area (TPSA) is 15.3 Å². The summed E-state index contributed by atoms with van der Waals surface area (Å²) in [6.07, 6.45) is 9.78. The van der Waals surface area contributed by atoms with Gasteiger partial charge in [0.25, 0.3) is 0 Å². The molecular weight excluding hydrogens is 280 g/mol. The molecule has 0 radical (unpaired) electrons. The molecule has 2 bridgehead atoms. The van der Waals surface area contributed by atoms with Crippen molar-refractivity contribution in [1.29, 1.82) is 0 Å². The van der Waals surface area contributed by atoms with E-state index in [4.69, 9.17) is 0 Å². The second-order valence-electron chi connectivity index (χ2n) is 9.29. The Bertz CT molecular complexity index is 710. The number of nitrogens with zero attached hydrogens (tertiary/aromatic N) is 1. The minimum absolute atomic E-state index is 0.438. The third-order valence-corrected chi connectivity index (χ3v) is 8.46. The van der Waals surface area contributed by atoms with Crippen LogP contribution in [-0.4, -0.2) is 24.1 Å². The zero-order chi connectivity index (χ0) is 15.4. The molecule has 5 unspecified atom stereocenters. The second kappa shape index (κ2) is 4.03. The quantitative estimate of drug-likeness (QED) is 0.853. The Hall–Kier alpha value is -0.860. The van der Waals surface area contributed by atoms with Crippen LogP contribution in [0.3, 0.4) is 0 Å². The van der Waals surface area contributed by atoms with Gasteiger partial charge in [-0.2, -0.15) is 0 Å². The molecule has 0 amide bonds. The number of hydrogen-bond acceptors (Lipinski definition) is 2. The van der Waals surface area contributed by atoms with E-state index in [0.717, 1.165) is 17.8 Å². The predicted molar refractivity (Wildman–Crippen MR) is 92.5 cm³/mol. The molecule has 2 nitrogen and oxygen atoms in total. The Morgan fingerprint density at radius 1 is 1.22 bits per heavy atom. The molecule has 5 atom stereocenters. The van der Waals surface area contributed by atoms with E-state index in [2.05, 4.69) is 36.5 Å². The van der Waals surface area contributed by atoms with Crippen molar-refractivity contribution in [2.75, 3.05) is 13.6 Å². The van der Waals surface area contributed by atoms with Crippen molar-refractivity contribution >= 4 is 0 Å². The maximum absolute atomic E-state index is 3.53. The highest BCUT2D eigenvalue weighted by Gasteiger charge is 2.73. The minimum Gasteiger partial charge on any atom is -0.258 e. The SMILES string of the molecule is CNN1CC2CC3C4CC(C)(CC231)c1c4ccc2c1CCCC2. The van der Waals surface area contributed by atoms with Crippen LogP contribution in [-0.2, 0) is 18.3 Å². The summed E-state index contributed by atoms with van der Waals surface area (Å²) in [5.74, 6) is 2.71. The van der Waals surface area contributed by atoms with Crippen LogP contribution in [0.2, 0.25) is 0 Å². The molecule has 1 spiro atoms. The number of hydrogen-bond donors (Lipinski definition) is 1. The lowest BCUT2D eigenvalue weighted by molar-refractivity contribution is -0.251. The fourth-order valence-electron chi connectivity index (χ4n) is 7.68. The van der Waals surface area contributed by atoms with Gasteiger partial charge in [0.2, 0.25) is 0 Å². The maximum atomic E-state index is 3.53. The van der Waals surface area contributed by atoms with Gasteiger partial charge in [-0.1, -0.05) is 19.1 Å². The normalized spacial score (nSPS) is 46.1. The van der Waals surface area contributed by atoms with Gasteiger partial charge in [0, 0.05) is 12.1 Å². The molecule has 1 heterocycles. The Labute approximate surface area is 139 Å². The van der Waals surface area contributed by atoms with Gasteiger partial charge in [-0.15, -0.1) is 0 Å². The lowest BCUT2D eigenvalue weighted by Crippen LogP contribution is -2.82. The number of benzene rings is 1. The number of rotatable bonds is 1. The van der Waals surface area contributed by atoms with E-state index in [1.807, 2.05) is 5.56 Å². The van der Waals surface area contributed by atoms with Crippen LogP contribution >= 0.6 is 0 Å². The summed E-state index contributed by atoms with van der Waals surface area (Å²) < 4.78 is 0. The summed E-state index contributed by atoms with van der Waals surface area (Å²) in [7, 11) is 2.13. The fourth-order valence-corrected chi connectivity index (χ4v) is 7.68. The molecule has 1 aliphatic heterocycles. The summed E-state index contributed by atoms with van der Waals surface area (Å²) in [5, 5.41) is 2.61. The van der Waals surface area contributed by atoms with E-state index < -0.39 is 0 Å². The van der Waals surface area contributed by atoms with Crippen molar-refractivity contribution in [2.24, 2.45) is 11.8 Å². The van der Waals surface area contributed by atoms with Crippen molar-refractivity contribution in [3.05, 3.63) is 34.4 Å². The molecule has 6 rings (SSSR count). The lowest BCUT2D eigenvalue weighted by Gasteiger charge is -2.74. The fraction of sp³-hybridized carbons (Fsp3) is 0.714. The number of nitrogens with one attached hydrogen (secondary N) is 1. The van der Waals surface area contributed by atoms with Crippen LogP contribution in [0.4, 0.5) is 0 Å². The highest BCUT2D eigenvalue weighted by atomic mass is 15.6. The zero-order valence-electron chi connectivity index (χ0n) is 14.5. The number of aryl methyl sites for hydroxylation is 1. The van der Waals surface area contributed by atoms with Gasteiger partial charge in [-0.05, 0) is 97.4 Å². The number of piperidine rings is 1. The Morgan fingerprint density at radius 3 is 2.91 bits per heavy atom. The molecule has 2 heteroatoms. The summed E-state index contributed by atoms with van der Waals surface area (Å²) in [5.41, 5.74) is 11.5.